The van der Waals surface area contributed by atoms with Crippen molar-refractivity contribution in [3.05, 3.63) is 63.6 Å². The highest BCUT2D eigenvalue weighted by Gasteiger charge is 2.04. The van der Waals surface area contributed by atoms with E-state index in [0.29, 0.717) is 34.8 Å². The number of aliphatic imine (C=N–C) groups is 1. The third kappa shape index (κ3) is 7.37. The summed E-state index contributed by atoms with van der Waals surface area (Å²) in [7, 11) is 1.71. The molecule has 0 radical (unpaired) electrons. The number of amides is 1. The van der Waals surface area contributed by atoms with Crippen LogP contribution in [0.3, 0.4) is 0 Å². The Hall–Kier alpha value is -2.44. The Morgan fingerprint density at radius 2 is 1.89 bits per heavy atom. The zero-order valence-electron chi connectivity index (χ0n) is 15.0. The SMILES string of the molecule is CN=C(NCCc1ccc(OCC(N)=O)cc1)NCc1ccc(Cl)cc1Cl. The van der Waals surface area contributed by atoms with Crippen molar-refractivity contribution >= 4 is 35.1 Å². The second kappa shape index (κ2) is 10.6. The van der Waals surface area contributed by atoms with Gasteiger partial charge >= 0.3 is 0 Å². The smallest absolute Gasteiger partial charge is 0.255 e. The maximum atomic E-state index is 10.7. The number of benzene rings is 2. The van der Waals surface area contributed by atoms with Gasteiger partial charge in [-0.3, -0.25) is 9.79 Å². The first-order valence-electron chi connectivity index (χ1n) is 8.36. The van der Waals surface area contributed by atoms with Gasteiger partial charge in [-0.2, -0.15) is 0 Å². The predicted octanol–water partition coefficient (Wildman–Crippen LogP) is 2.77. The number of carbonyl (C=O) groups excluding carboxylic acids is 1. The molecule has 0 unspecified atom stereocenters. The minimum Gasteiger partial charge on any atom is -0.484 e. The molecule has 0 atom stereocenters. The number of nitrogens with one attached hydrogen (secondary N) is 2. The van der Waals surface area contributed by atoms with Crippen molar-refractivity contribution in [2.75, 3.05) is 20.2 Å². The number of primary amides is 1. The van der Waals surface area contributed by atoms with Crippen molar-refractivity contribution < 1.29 is 9.53 Å². The number of hydrogen-bond donors (Lipinski definition) is 3. The number of nitrogens with two attached hydrogens (primary N) is 1. The number of guanidine groups is 1. The van der Waals surface area contributed by atoms with Gasteiger partial charge in [-0.15, -0.1) is 0 Å². The molecule has 0 aliphatic carbocycles. The van der Waals surface area contributed by atoms with Gasteiger partial charge in [0, 0.05) is 30.2 Å². The first-order chi connectivity index (χ1) is 13.0. The Labute approximate surface area is 168 Å². The summed E-state index contributed by atoms with van der Waals surface area (Å²) >= 11 is 12.1. The van der Waals surface area contributed by atoms with Crippen molar-refractivity contribution in [2.24, 2.45) is 10.7 Å². The number of ether oxygens (including phenoxy) is 1. The van der Waals surface area contributed by atoms with Crippen molar-refractivity contribution in [1.29, 1.82) is 0 Å². The first kappa shape index (κ1) is 20.9. The number of carbonyl (C=O) groups is 1. The van der Waals surface area contributed by atoms with Crippen LogP contribution in [0.25, 0.3) is 0 Å². The van der Waals surface area contributed by atoms with Gasteiger partial charge in [0.1, 0.15) is 5.75 Å². The number of hydrogen-bond acceptors (Lipinski definition) is 3. The molecule has 0 spiro atoms. The molecule has 6 nitrogen and oxygen atoms in total. The van der Waals surface area contributed by atoms with Crippen molar-refractivity contribution in [2.45, 2.75) is 13.0 Å². The number of nitrogens with zero attached hydrogens (tertiary/aromatic N) is 1. The van der Waals surface area contributed by atoms with E-state index < -0.39 is 5.91 Å². The molecule has 4 N–H and O–H groups in total. The first-order valence-corrected chi connectivity index (χ1v) is 9.12. The van der Waals surface area contributed by atoms with Gasteiger partial charge in [0.25, 0.3) is 5.91 Å². The zero-order chi connectivity index (χ0) is 19.6. The third-order valence-corrected chi connectivity index (χ3v) is 4.28. The van der Waals surface area contributed by atoms with Gasteiger partial charge in [-0.25, -0.2) is 0 Å². The van der Waals surface area contributed by atoms with E-state index in [2.05, 4.69) is 15.6 Å². The van der Waals surface area contributed by atoms with Crippen molar-refractivity contribution in [3.8, 4) is 5.75 Å². The molecular weight excluding hydrogens is 387 g/mol. The van der Waals surface area contributed by atoms with E-state index in [1.165, 1.54) is 0 Å². The molecule has 1 amide bonds. The Bertz CT molecular complexity index is 795. The summed E-state index contributed by atoms with van der Waals surface area (Å²) < 4.78 is 5.24. The van der Waals surface area contributed by atoms with Gasteiger partial charge in [0.2, 0.25) is 0 Å². The van der Waals surface area contributed by atoms with E-state index in [0.717, 1.165) is 17.5 Å². The maximum Gasteiger partial charge on any atom is 0.255 e. The average molecular weight is 409 g/mol. The molecule has 0 aliphatic heterocycles. The Kier molecular flexibility index (Phi) is 8.23. The van der Waals surface area contributed by atoms with Crippen LogP contribution in [-0.2, 0) is 17.8 Å². The molecule has 0 aromatic heterocycles. The lowest BCUT2D eigenvalue weighted by molar-refractivity contribution is -0.119. The Morgan fingerprint density at radius 3 is 2.52 bits per heavy atom. The number of halogens is 2. The van der Waals surface area contributed by atoms with Crippen LogP contribution >= 0.6 is 23.2 Å². The minimum absolute atomic E-state index is 0.124. The lowest BCUT2D eigenvalue weighted by atomic mass is 10.1. The summed E-state index contributed by atoms with van der Waals surface area (Å²) in [6, 6.07) is 12.9. The van der Waals surface area contributed by atoms with Crippen molar-refractivity contribution in [3.63, 3.8) is 0 Å². The molecule has 0 saturated carbocycles. The standard InChI is InChI=1S/C19H22Cl2N4O2/c1-23-19(25-11-14-4-5-15(20)10-17(14)21)24-9-8-13-2-6-16(7-3-13)27-12-18(22)26/h2-7,10H,8-9,11-12H2,1H3,(H2,22,26)(H2,23,24,25). The fourth-order valence-corrected chi connectivity index (χ4v) is 2.77. The van der Waals surface area contributed by atoms with Gasteiger partial charge in [0.15, 0.2) is 12.6 Å². The second-order valence-corrected chi connectivity index (χ2v) is 6.58. The van der Waals surface area contributed by atoms with Crippen LogP contribution in [0.2, 0.25) is 10.0 Å². The van der Waals surface area contributed by atoms with Crippen molar-refractivity contribution in [1.82, 2.24) is 10.6 Å². The van der Waals surface area contributed by atoms with E-state index in [-0.39, 0.29) is 6.61 Å². The van der Waals surface area contributed by atoms with Gasteiger partial charge in [-0.1, -0.05) is 41.4 Å². The summed E-state index contributed by atoms with van der Waals surface area (Å²) in [5.41, 5.74) is 7.12. The fourth-order valence-electron chi connectivity index (χ4n) is 2.30. The molecule has 0 saturated heterocycles. The molecule has 2 aromatic carbocycles. The summed E-state index contributed by atoms with van der Waals surface area (Å²) in [6.07, 6.45) is 0.804. The zero-order valence-corrected chi connectivity index (χ0v) is 16.5. The van der Waals surface area contributed by atoms with Gasteiger partial charge < -0.3 is 21.1 Å². The lowest BCUT2D eigenvalue weighted by Crippen LogP contribution is -2.37. The molecule has 0 fully saturated rings. The molecule has 0 bridgehead atoms. The van der Waals surface area contributed by atoms with E-state index in [1.807, 2.05) is 30.3 Å². The van der Waals surface area contributed by atoms with Gasteiger partial charge in [-0.05, 0) is 41.8 Å². The highest BCUT2D eigenvalue weighted by atomic mass is 35.5. The molecule has 144 valence electrons. The van der Waals surface area contributed by atoms with Crippen LogP contribution in [-0.4, -0.2) is 32.1 Å². The summed E-state index contributed by atoms with van der Waals surface area (Å²) in [5.74, 6) is 0.798. The Balaban J connectivity index is 1.76. The topological polar surface area (TPSA) is 88.7 Å². The summed E-state index contributed by atoms with van der Waals surface area (Å²) in [6.45, 7) is 1.12. The summed E-state index contributed by atoms with van der Waals surface area (Å²) in [4.78, 5) is 14.9. The van der Waals surface area contributed by atoms with Crippen LogP contribution in [0.5, 0.6) is 5.75 Å². The van der Waals surface area contributed by atoms with Crippen LogP contribution in [0.4, 0.5) is 0 Å². The molecule has 27 heavy (non-hydrogen) atoms. The normalized spacial score (nSPS) is 11.1. The molecule has 0 heterocycles. The average Bonchev–Trinajstić information content (AvgIpc) is 2.65. The maximum absolute atomic E-state index is 10.7. The molecular formula is C19H22Cl2N4O2. The fraction of sp³-hybridized carbons (Fsp3) is 0.263. The highest BCUT2D eigenvalue weighted by molar-refractivity contribution is 6.35. The summed E-state index contributed by atoms with van der Waals surface area (Å²) in [5, 5.41) is 7.69. The number of rotatable bonds is 8. The third-order valence-electron chi connectivity index (χ3n) is 3.70. The van der Waals surface area contributed by atoms with Gasteiger partial charge in [0.05, 0.1) is 0 Å². The van der Waals surface area contributed by atoms with E-state index in [1.54, 1.807) is 19.2 Å². The van der Waals surface area contributed by atoms with Crippen LogP contribution in [0, 0.1) is 0 Å². The minimum atomic E-state index is -0.498. The van der Waals surface area contributed by atoms with E-state index in [9.17, 15) is 4.79 Å². The molecule has 2 aromatic rings. The largest absolute Gasteiger partial charge is 0.484 e. The predicted molar refractivity (Wildman–Crippen MR) is 109 cm³/mol. The van der Waals surface area contributed by atoms with E-state index >= 15 is 0 Å². The lowest BCUT2D eigenvalue weighted by Gasteiger charge is -2.13. The van der Waals surface area contributed by atoms with Crippen LogP contribution < -0.4 is 21.1 Å². The Morgan fingerprint density at radius 1 is 1.15 bits per heavy atom. The molecule has 0 aliphatic rings. The monoisotopic (exact) mass is 408 g/mol. The molecule has 2 rings (SSSR count). The van der Waals surface area contributed by atoms with Crippen LogP contribution in [0.1, 0.15) is 11.1 Å². The molecule has 8 heteroatoms. The van der Waals surface area contributed by atoms with Crippen LogP contribution in [0.15, 0.2) is 47.5 Å². The quantitative estimate of drug-likeness (QED) is 0.462. The van der Waals surface area contributed by atoms with E-state index in [4.69, 9.17) is 33.7 Å². The second-order valence-electron chi connectivity index (χ2n) is 5.74. The highest BCUT2D eigenvalue weighted by Crippen LogP contribution is 2.20.